The van der Waals surface area contributed by atoms with E-state index in [1.165, 1.54) is 6.92 Å². The van der Waals surface area contributed by atoms with Gasteiger partial charge in [0.2, 0.25) is 11.0 Å². The molecule has 166 valence electrons. The number of azo groups is 1. The minimum atomic E-state index is -0.465. The third-order valence-electron chi connectivity index (χ3n) is 4.75. The second-order valence-electron chi connectivity index (χ2n) is 7.03. The van der Waals surface area contributed by atoms with Gasteiger partial charge >= 0.3 is 5.00 Å². The summed E-state index contributed by atoms with van der Waals surface area (Å²) in [6.07, 6.45) is 0. The number of rotatable bonds is 8. The average molecular weight is 453 g/mol. The van der Waals surface area contributed by atoms with E-state index >= 15 is 0 Å². The van der Waals surface area contributed by atoms with Crippen molar-refractivity contribution < 1.29 is 9.72 Å². The Morgan fingerprint density at radius 2 is 1.84 bits per heavy atom. The number of aromatic nitrogens is 1. The minimum Gasteiger partial charge on any atom is -0.372 e. The number of benzene rings is 2. The van der Waals surface area contributed by atoms with Gasteiger partial charge < -0.3 is 10.2 Å². The minimum absolute atomic E-state index is 0.0956. The molecule has 10 heteroatoms. The van der Waals surface area contributed by atoms with E-state index in [0.717, 1.165) is 35.7 Å². The summed E-state index contributed by atoms with van der Waals surface area (Å²) in [5.41, 5.74) is 3.84. The number of nitrogens with zero attached hydrogens (tertiary/aromatic N) is 5. The van der Waals surface area contributed by atoms with E-state index in [0.29, 0.717) is 16.9 Å². The highest BCUT2D eigenvalue weighted by molar-refractivity contribution is 7.19. The third-order valence-corrected chi connectivity index (χ3v) is 5.64. The summed E-state index contributed by atoms with van der Waals surface area (Å²) in [4.78, 5) is 29.2. The molecule has 9 nitrogen and oxygen atoms in total. The first-order valence-electron chi connectivity index (χ1n) is 10.1. The van der Waals surface area contributed by atoms with Crippen LogP contribution in [0.25, 0.3) is 11.3 Å². The van der Waals surface area contributed by atoms with Gasteiger partial charge in [-0.25, -0.2) is 4.98 Å². The second kappa shape index (κ2) is 10.1. The van der Waals surface area contributed by atoms with Gasteiger partial charge in [-0.15, -0.1) is 10.2 Å². The van der Waals surface area contributed by atoms with Crippen LogP contribution < -0.4 is 10.2 Å². The fraction of sp³-hybridized carbons (Fsp3) is 0.273. The van der Waals surface area contributed by atoms with E-state index in [2.05, 4.69) is 39.3 Å². The standard InChI is InChI=1S/C22H24N6O3S/c1-5-27(6-2)17-11-12-18(19(13-17)23-15(4)29)25-26-22-24-20(21(32-22)28(30)31)16-9-7-14(3)8-10-16/h7-13H,5-6H2,1-4H3,(H,23,29). The number of anilines is 2. The van der Waals surface area contributed by atoms with Crippen LogP contribution in [0.2, 0.25) is 0 Å². The molecule has 0 fully saturated rings. The van der Waals surface area contributed by atoms with Crippen LogP contribution in [0.4, 0.5) is 27.2 Å². The van der Waals surface area contributed by atoms with Crippen molar-refractivity contribution >= 4 is 44.4 Å². The van der Waals surface area contributed by atoms with Crippen molar-refractivity contribution in [3.8, 4) is 11.3 Å². The molecule has 0 unspecified atom stereocenters. The van der Waals surface area contributed by atoms with Crippen LogP contribution >= 0.6 is 11.3 Å². The highest BCUT2D eigenvalue weighted by Gasteiger charge is 2.23. The Morgan fingerprint density at radius 1 is 1.16 bits per heavy atom. The molecular weight excluding hydrogens is 428 g/mol. The molecule has 3 aromatic rings. The summed E-state index contributed by atoms with van der Waals surface area (Å²) >= 11 is 0.855. The van der Waals surface area contributed by atoms with E-state index in [-0.39, 0.29) is 21.7 Å². The monoisotopic (exact) mass is 452 g/mol. The van der Waals surface area contributed by atoms with Gasteiger partial charge in [-0.3, -0.25) is 14.9 Å². The second-order valence-corrected chi connectivity index (χ2v) is 7.98. The number of thiazole rings is 1. The van der Waals surface area contributed by atoms with Crippen molar-refractivity contribution in [2.45, 2.75) is 27.7 Å². The molecule has 2 aromatic carbocycles. The maximum absolute atomic E-state index is 11.7. The molecule has 0 spiro atoms. The highest BCUT2D eigenvalue weighted by atomic mass is 32.1. The molecule has 1 aromatic heterocycles. The number of amides is 1. The first-order chi connectivity index (χ1) is 15.3. The normalized spacial score (nSPS) is 11.0. The van der Waals surface area contributed by atoms with Gasteiger partial charge in [-0.2, -0.15) is 0 Å². The molecule has 0 saturated carbocycles. The Morgan fingerprint density at radius 3 is 2.44 bits per heavy atom. The van der Waals surface area contributed by atoms with Crippen molar-refractivity contribution in [1.82, 2.24) is 4.98 Å². The van der Waals surface area contributed by atoms with Gasteiger partial charge in [0, 0.05) is 31.3 Å². The summed E-state index contributed by atoms with van der Waals surface area (Å²) in [5.74, 6) is -0.232. The molecular formula is C22H24N6O3S. The molecule has 0 radical (unpaired) electrons. The third kappa shape index (κ3) is 5.33. The van der Waals surface area contributed by atoms with Crippen molar-refractivity contribution in [3.05, 3.63) is 58.1 Å². The van der Waals surface area contributed by atoms with Crippen molar-refractivity contribution in [2.75, 3.05) is 23.3 Å². The number of carbonyl (C=O) groups is 1. The van der Waals surface area contributed by atoms with Crippen LogP contribution in [-0.4, -0.2) is 28.9 Å². The summed E-state index contributed by atoms with van der Waals surface area (Å²) in [7, 11) is 0. The van der Waals surface area contributed by atoms with E-state index in [1.807, 2.05) is 31.2 Å². The van der Waals surface area contributed by atoms with Crippen LogP contribution in [-0.2, 0) is 4.79 Å². The summed E-state index contributed by atoms with van der Waals surface area (Å²) < 4.78 is 0. The molecule has 0 aliphatic rings. The lowest BCUT2D eigenvalue weighted by Gasteiger charge is -2.22. The van der Waals surface area contributed by atoms with Gasteiger partial charge in [0.15, 0.2) is 5.69 Å². The lowest BCUT2D eigenvalue weighted by Crippen LogP contribution is -2.21. The number of hydrogen-bond acceptors (Lipinski definition) is 8. The van der Waals surface area contributed by atoms with E-state index < -0.39 is 4.92 Å². The number of aryl methyl sites for hydroxylation is 1. The zero-order valence-electron chi connectivity index (χ0n) is 18.3. The SMILES string of the molecule is CCN(CC)c1ccc(N=Nc2nc(-c3ccc(C)cc3)c([N+](=O)[O-])s2)c(NC(C)=O)c1. The van der Waals surface area contributed by atoms with Gasteiger partial charge in [0.05, 0.1) is 10.6 Å². The first-order valence-corrected chi connectivity index (χ1v) is 10.9. The number of nitrogens with one attached hydrogen (secondary N) is 1. The average Bonchev–Trinajstić information content (AvgIpc) is 3.19. The van der Waals surface area contributed by atoms with Gasteiger partial charge in [0.25, 0.3) is 0 Å². The molecule has 0 aliphatic carbocycles. The lowest BCUT2D eigenvalue weighted by molar-refractivity contribution is -0.379. The number of carbonyl (C=O) groups excluding carboxylic acids is 1. The smallest absolute Gasteiger partial charge is 0.353 e. The van der Waals surface area contributed by atoms with Crippen molar-refractivity contribution in [2.24, 2.45) is 10.2 Å². The Bertz CT molecular complexity index is 1150. The van der Waals surface area contributed by atoms with E-state index in [1.54, 1.807) is 18.2 Å². The predicted molar refractivity (Wildman–Crippen MR) is 127 cm³/mol. The molecule has 1 amide bonds. The maximum atomic E-state index is 11.7. The zero-order valence-corrected chi connectivity index (χ0v) is 19.1. The van der Waals surface area contributed by atoms with E-state index in [9.17, 15) is 14.9 Å². The highest BCUT2D eigenvalue weighted by Crippen LogP contribution is 2.40. The van der Waals surface area contributed by atoms with Gasteiger partial charge in [-0.05, 0) is 50.3 Å². The Balaban J connectivity index is 1.97. The van der Waals surface area contributed by atoms with Crippen LogP contribution in [0.5, 0.6) is 0 Å². The molecule has 1 N–H and O–H groups in total. The Hall–Kier alpha value is -3.66. The van der Waals surface area contributed by atoms with Gasteiger partial charge in [0.1, 0.15) is 5.69 Å². The topological polar surface area (TPSA) is 113 Å². The Kier molecular flexibility index (Phi) is 7.26. The van der Waals surface area contributed by atoms with Crippen molar-refractivity contribution in [1.29, 1.82) is 0 Å². The fourth-order valence-corrected chi connectivity index (χ4v) is 3.88. The molecule has 0 aliphatic heterocycles. The van der Waals surface area contributed by atoms with Crippen LogP contribution in [0.15, 0.2) is 52.7 Å². The van der Waals surface area contributed by atoms with Gasteiger partial charge in [-0.1, -0.05) is 29.8 Å². The summed E-state index contributed by atoms with van der Waals surface area (Å²) in [6.45, 7) is 9.11. The fourth-order valence-electron chi connectivity index (χ4n) is 3.15. The number of hydrogen-bond donors (Lipinski definition) is 1. The van der Waals surface area contributed by atoms with Crippen molar-refractivity contribution in [3.63, 3.8) is 0 Å². The largest absolute Gasteiger partial charge is 0.372 e. The molecule has 0 saturated heterocycles. The summed E-state index contributed by atoms with van der Waals surface area (Å²) in [5, 5.41) is 22.7. The van der Waals surface area contributed by atoms with E-state index in [4.69, 9.17) is 0 Å². The van der Waals surface area contributed by atoms with Crippen LogP contribution in [0.3, 0.4) is 0 Å². The molecule has 0 atom stereocenters. The quantitative estimate of drug-likeness (QED) is 0.247. The molecule has 3 rings (SSSR count). The molecule has 1 heterocycles. The lowest BCUT2D eigenvalue weighted by atomic mass is 10.1. The Labute approximate surface area is 190 Å². The summed E-state index contributed by atoms with van der Waals surface area (Å²) in [6, 6.07) is 12.8. The maximum Gasteiger partial charge on any atom is 0.353 e. The number of nitro groups is 1. The van der Waals surface area contributed by atoms with Crippen LogP contribution in [0, 0.1) is 17.0 Å². The molecule has 32 heavy (non-hydrogen) atoms. The first kappa shape index (κ1) is 23.0. The molecule has 0 bridgehead atoms. The predicted octanol–water partition coefficient (Wildman–Crippen LogP) is 6.25. The van der Waals surface area contributed by atoms with Crippen LogP contribution in [0.1, 0.15) is 26.3 Å². The zero-order chi connectivity index (χ0) is 23.3.